The molecule has 2 aromatic rings. The van der Waals surface area contributed by atoms with Crippen LogP contribution in [0.3, 0.4) is 0 Å². The van der Waals surface area contributed by atoms with Gasteiger partial charge in [-0.1, -0.05) is 6.07 Å². The van der Waals surface area contributed by atoms with Gasteiger partial charge in [-0.15, -0.1) is 0 Å². The van der Waals surface area contributed by atoms with Gasteiger partial charge in [-0.2, -0.15) is 0 Å². The van der Waals surface area contributed by atoms with Gasteiger partial charge >= 0.3 is 0 Å². The molecule has 1 saturated carbocycles. The summed E-state index contributed by atoms with van der Waals surface area (Å²) in [6, 6.07) is 7.76. The van der Waals surface area contributed by atoms with E-state index >= 15 is 0 Å². The van der Waals surface area contributed by atoms with E-state index in [0.717, 1.165) is 56.8 Å². The summed E-state index contributed by atoms with van der Waals surface area (Å²) in [7, 11) is 0. The van der Waals surface area contributed by atoms with Crippen molar-refractivity contribution in [3.63, 3.8) is 0 Å². The number of likely N-dealkylation sites (tertiary alicyclic amines) is 1. The first-order valence-electron chi connectivity index (χ1n) is 10.8. The minimum absolute atomic E-state index is 0.255. The summed E-state index contributed by atoms with van der Waals surface area (Å²) in [5.41, 5.74) is 1.11. The first-order valence-corrected chi connectivity index (χ1v) is 10.8. The molecular weight excluding hydrogens is 364 g/mol. The number of carbonyl (C=O) groups excluding carboxylic acids is 1. The maximum Gasteiger partial charge on any atom is 0.236 e. The van der Waals surface area contributed by atoms with Crippen LogP contribution in [-0.2, 0) is 4.79 Å². The van der Waals surface area contributed by atoms with Crippen LogP contribution in [0.2, 0.25) is 0 Å². The number of nitrogens with zero attached hydrogens (tertiary/aromatic N) is 4. The number of carbonyl (C=O) groups is 1. The number of aromatic nitrogens is 3. The van der Waals surface area contributed by atoms with Crippen LogP contribution < -0.4 is 10.6 Å². The Morgan fingerprint density at radius 3 is 2.62 bits per heavy atom. The van der Waals surface area contributed by atoms with Gasteiger partial charge in [0.05, 0.1) is 6.54 Å². The van der Waals surface area contributed by atoms with Crippen molar-refractivity contribution in [2.24, 2.45) is 5.92 Å². The van der Waals surface area contributed by atoms with E-state index in [0.29, 0.717) is 24.3 Å². The highest BCUT2D eigenvalue weighted by Crippen LogP contribution is 2.34. The molecule has 0 radical (unpaired) electrons. The topological polar surface area (TPSA) is 83.0 Å². The SMILES string of the molecule is O=C(CNCC1CCC(c2ccnc(Nc3ccccn3)n2)CC1)N1CCCC1. The number of rotatable bonds is 7. The molecule has 2 aliphatic rings. The van der Waals surface area contributed by atoms with Crippen molar-refractivity contribution in [2.45, 2.75) is 44.4 Å². The normalized spacial score (nSPS) is 21.9. The first kappa shape index (κ1) is 19.8. The molecule has 2 aromatic heterocycles. The maximum absolute atomic E-state index is 12.1. The quantitative estimate of drug-likeness (QED) is 0.751. The van der Waals surface area contributed by atoms with E-state index < -0.39 is 0 Å². The third-order valence-electron chi connectivity index (χ3n) is 6.01. The largest absolute Gasteiger partial charge is 0.342 e. The zero-order valence-corrected chi connectivity index (χ0v) is 16.9. The summed E-state index contributed by atoms with van der Waals surface area (Å²) in [6.45, 7) is 3.28. The Hall–Kier alpha value is -2.54. The van der Waals surface area contributed by atoms with Gasteiger partial charge in [0.25, 0.3) is 0 Å². The molecule has 154 valence electrons. The molecule has 7 heteroatoms. The average Bonchev–Trinajstić information content (AvgIpc) is 3.30. The second-order valence-corrected chi connectivity index (χ2v) is 8.08. The van der Waals surface area contributed by atoms with Gasteiger partial charge in [-0.3, -0.25) is 4.79 Å². The van der Waals surface area contributed by atoms with Crippen LogP contribution in [0.15, 0.2) is 36.7 Å². The van der Waals surface area contributed by atoms with E-state index in [2.05, 4.69) is 20.6 Å². The highest BCUT2D eigenvalue weighted by Gasteiger charge is 2.24. The fourth-order valence-electron chi connectivity index (χ4n) is 4.34. The van der Waals surface area contributed by atoms with Gasteiger partial charge in [0.2, 0.25) is 11.9 Å². The Kier molecular flexibility index (Phi) is 6.67. The van der Waals surface area contributed by atoms with E-state index in [4.69, 9.17) is 4.98 Å². The van der Waals surface area contributed by atoms with Gasteiger partial charge in [0.1, 0.15) is 5.82 Å². The maximum atomic E-state index is 12.1. The van der Waals surface area contributed by atoms with Crippen LogP contribution in [0.1, 0.15) is 50.1 Å². The molecule has 1 aliphatic carbocycles. The van der Waals surface area contributed by atoms with Gasteiger partial charge < -0.3 is 15.5 Å². The monoisotopic (exact) mass is 394 g/mol. The molecule has 0 atom stereocenters. The number of hydrogen-bond donors (Lipinski definition) is 2. The number of hydrogen-bond acceptors (Lipinski definition) is 6. The molecule has 1 saturated heterocycles. The molecule has 3 heterocycles. The molecule has 2 fully saturated rings. The minimum Gasteiger partial charge on any atom is -0.342 e. The first-order chi connectivity index (χ1) is 14.3. The molecule has 0 aromatic carbocycles. The van der Waals surface area contributed by atoms with Crippen LogP contribution in [0.4, 0.5) is 11.8 Å². The third kappa shape index (κ3) is 5.50. The Morgan fingerprint density at radius 1 is 1.03 bits per heavy atom. The van der Waals surface area contributed by atoms with E-state index in [1.54, 1.807) is 6.20 Å². The Labute approximate surface area is 172 Å². The van der Waals surface area contributed by atoms with Crippen molar-refractivity contribution in [1.82, 2.24) is 25.2 Å². The molecule has 2 N–H and O–H groups in total. The van der Waals surface area contributed by atoms with Crippen molar-refractivity contribution in [2.75, 3.05) is 31.5 Å². The van der Waals surface area contributed by atoms with E-state index in [-0.39, 0.29) is 5.91 Å². The van der Waals surface area contributed by atoms with Crippen LogP contribution in [0, 0.1) is 5.92 Å². The van der Waals surface area contributed by atoms with Crippen molar-refractivity contribution >= 4 is 17.7 Å². The summed E-state index contributed by atoms with van der Waals surface area (Å²) >= 11 is 0. The van der Waals surface area contributed by atoms with E-state index in [1.807, 2.05) is 35.4 Å². The minimum atomic E-state index is 0.255. The molecule has 4 rings (SSSR count). The number of nitrogens with one attached hydrogen (secondary N) is 2. The smallest absolute Gasteiger partial charge is 0.236 e. The zero-order valence-electron chi connectivity index (χ0n) is 16.9. The summed E-state index contributed by atoms with van der Waals surface area (Å²) < 4.78 is 0. The fraction of sp³-hybridized carbons (Fsp3) is 0.545. The van der Waals surface area contributed by atoms with Crippen molar-refractivity contribution in [1.29, 1.82) is 0 Å². The van der Waals surface area contributed by atoms with Crippen molar-refractivity contribution < 1.29 is 4.79 Å². The fourth-order valence-corrected chi connectivity index (χ4v) is 4.34. The molecule has 29 heavy (non-hydrogen) atoms. The lowest BCUT2D eigenvalue weighted by atomic mass is 9.80. The molecule has 0 unspecified atom stereocenters. The average molecular weight is 395 g/mol. The van der Waals surface area contributed by atoms with Crippen LogP contribution in [0.25, 0.3) is 0 Å². The Bertz CT molecular complexity index is 785. The van der Waals surface area contributed by atoms with E-state index in [1.165, 1.54) is 12.8 Å². The number of amides is 1. The van der Waals surface area contributed by atoms with Gasteiger partial charge in [0, 0.05) is 37.1 Å². The Morgan fingerprint density at radius 2 is 1.86 bits per heavy atom. The lowest BCUT2D eigenvalue weighted by molar-refractivity contribution is -0.129. The summed E-state index contributed by atoms with van der Waals surface area (Å²) in [6.07, 6.45) is 10.5. The molecule has 0 spiro atoms. The zero-order chi connectivity index (χ0) is 19.9. The second-order valence-electron chi connectivity index (χ2n) is 8.08. The van der Waals surface area contributed by atoms with E-state index in [9.17, 15) is 4.79 Å². The van der Waals surface area contributed by atoms with Gasteiger partial charge in [-0.25, -0.2) is 15.0 Å². The summed E-state index contributed by atoms with van der Waals surface area (Å²) in [4.78, 5) is 27.4. The standard InChI is InChI=1S/C22H30N6O/c29-21(28-13-3-4-14-28)16-23-15-17-6-8-18(9-7-17)19-10-12-25-22(26-19)27-20-5-1-2-11-24-20/h1-2,5,10-12,17-18,23H,3-4,6-9,13-16H2,(H,24,25,26,27). The lowest BCUT2D eigenvalue weighted by Gasteiger charge is -2.28. The third-order valence-corrected chi connectivity index (χ3v) is 6.01. The van der Waals surface area contributed by atoms with Crippen LogP contribution in [0.5, 0.6) is 0 Å². The van der Waals surface area contributed by atoms with Crippen molar-refractivity contribution in [3.05, 3.63) is 42.4 Å². The predicted octanol–water partition coefficient (Wildman–Crippen LogP) is 3.10. The highest BCUT2D eigenvalue weighted by atomic mass is 16.2. The molecule has 1 aliphatic heterocycles. The van der Waals surface area contributed by atoms with Crippen molar-refractivity contribution in [3.8, 4) is 0 Å². The highest BCUT2D eigenvalue weighted by molar-refractivity contribution is 5.78. The molecular formula is C22H30N6O. The molecule has 7 nitrogen and oxygen atoms in total. The summed E-state index contributed by atoms with van der Waals surface area (Å²) in [5, 5.41) is 6.56. The second kappa shape index (κ2) is 9.78. The predicted molar refractivity (Wildman–Crippen MR) is 113 cm³/mol. The molecule has 1 amide bonds. The van der Waals surface area contributed by atoms with Gasteiger partial charge in [-0.05, 0) is 69.2 Å². The van der Waals surface area contributed by atoms with Crippen LogP contribution >= 0.6 is 0 Å². The lowest BCUT2D eigenvalue weighted by Crippen LogP contribution is -2.38. The summed E-state index contributed by atoms with van der Waals surface area (Å²) in [5.74, 6) is 2.73. The molecule has 0 bridgehead atoms. The van der Waals surface area contributed by atoms with Gasteiger partial charge in [0.15, 0.2) is 0 Å². The Balaban J connectivity index is 1.22. The number of pyridine rings is 1. The van der Waals surface area contributed by atoms with Crippen LogP contribution in [-0.4, -0.2) is 51.9 Å². The number of anilines is 2.